The van der Waals surface area contributed by atoms with Crippen molar-refractivity contribution >= 4 is 17.4 Å². The topological polar surface area (TPSA) is 17.1 Å². The highest BCUT2D eigenvalue weighted by molar-refractivity contribution is 6.32. The monoisotopic (exact) mass is 276 g/mol. The highest BCUT2D eigenvalue weighted by Gasteiger charge is 2.56. The van der Waals surface area contributed by atoms with Gasteiger partial charge in [0.05, 0.1) is 0 Å². The summed E-state index contributed by atoms with van der Waals surface area (Å²) >= 11 is 6.22. The minimum Gasteiger partial charge on any atom is -0.294 e. The molecule has 1 aromatic rings. The molecule has 102 valence electrons. The van der Waals surface area contributed by atoms with Gasteiger partial charge in [0.25, 0.3) is 0 Å². The number of hydrogen-bond acceptors (Lipinski definition) is 1. The fourth-order valence-corrected chi connectivity index (χ4v) is 4.67. The van der Waals surface area contributed by atoms with Crippen molar-refractivity contribution in [2.75, 3.05) is 0 Å². The molecule has 0 aliphatic heterocycles. The zero-order valence-corrected chi connectivity index (χ0v) is 12.9. The molecule has 3 rings (SSSR count). The fraction of sp³-hybridized carbons (Fsp3) is 0.588. The maximum atomic E-state index is 12.9. The van der Waals surface area contributed by atoms with Crippen LogP contribution in [-0.2, 0) is 5.41 Å². The number of Topliss-reactive ketones (excluding diaryl/α,β-unsaturated/α-hetero) is 1. The summed E-state index contributed by atoms with van der Waals surface area (Å²) in [5, 5.41) is 0.715. The van der Waals surface area contributed by atoms with Gasteiger partial charge in [-0.3, -0.25) is 4.79 Å². The number of rotatable bonds is 0. The summed E-state index contributed by atoms with van der Waals surface area (Å²) in [6.07, 6.45) is 3.45. The first kappa shape index (κ1) is 13.2. The minimum atomic E-state index is 0.00349. The van der Waals surface area contributed by atoms with Crippen LogP contribution in [0.2, 0.25) is 5.02 Å². The highest BCUT2D eigenvalue weighted by Crippen LogP contribution is 2.58. The summed E-state index contributed by atoms with van der Waals surface area (Å²) in [6.45, 7) is 8.79. The Morgan fingerprint density at radius 1 is 1.21 bits per heavy atom. The number of ketones is 1. The number of aryl methyl sites for hydroxylation is 1. The van der Waals surface area contributed by atoms with E-state index >= 15 is 0 Å². The average Bonchev–Trinajstić information content (AvgIpc) is 2.50. The van der Waals surface area contributed by atoms with Gasteiger partial charge in [0.15, 0.2) is 5.78 Å². The number of carbonyl (C=O) groups excluding carboxylic acids is 1. The van der Waals surface area contributed by atoms with Crippen LogP contribution < -0.4 is 0 Å². The zero-order valence-electron chi connectivity index (χ0n) is 12.1. The SMILES string of the molecule is Cc1cc2c(cc1Cl)C(=O)[C@H]1C(C)(C)CCC[C@@]21C. The molecule has 2 heteroatoms. The maximum Gasteiger partial charge on any atom is 0.167 e. The first-order valence-corrected chi connectivity index (χ1v) is 7.50. The molecule has 2 aliphatic rings. The van der Waals surface area contributed by atoms with Crippen LogP contribution in [0.5, 0.6) is 0 Å². The van der Waals surface area contributed by atoms with E-state index in [1.165, 1.54) is 12.0 Å². The van der Waals surface area contributed by atoms with Gasteiger partial charge in [0.1, 0.15) is 0 Å². The Bertz CT molecular complexity index is 573. The summed E-state index contributed by atoms with van der Waals surface area (Å²) in [6, 6.07) is 4.05. The zero-order chi connectivity index (χ0) is 14.0. The molecule has 0 bridgehead atoms. The van der Waals surface area contributed by atoms with Crippen molar-refractivity contribution in [3.05, 3.63) is 33.8 Å². The smallest absolute Gasteiger partial charge is 0.167 e. The van der Waals surface area contributed by atoms with Crippen LogP contribution in [0, 0.1) is 18.3 Å². The Kier molecular flexibility index (Phi) is 2.67. The van der Waals surface area contributed by atoms with E-state index in [0.29, 0.717) is 10.8 Å². The van der Waals surface area contributed by atoms with Gasteiger partial charge in [0, 0.05) is 21.9 Å². The molecule has 0 unspecified atom stereocenters. The normalized spacial score (nSPS) is 32.1. The van der Waals surface area contributed by atoms with E-state index in [9.17, 15) is 4.79 Å². The largest absolute Gasteiger partial charge is 0.294 e. The lowest BCUT2D eigenvalue weighted by molar-refractivity contribution is 0.0500. The molecule has 0 aromatic heterocycles. The molecule has 1 saturated carbocycles. The Hall–Kier alpha value is -0.820. The summed E-state index contributed by atoms with van der Waals surface area (Å²) in [5.41, 5.74) is 3.28. The minimum absolute atomic E-state index is 0.00349. The Labute approximate surface area is 120 Å². The third-order valence-electron chi connectivity index (χ3n) is 5.38. The van der Waals surface area contributed by atoms with E-state index in [4.69, 9.17) is 11.6 Å². The van der Waals surface area contributed by atoms with E-state index < -0.39 is 0 Å². The number of carbonyl (C=O) groups is 1. The first-order chi connectivity index (χ1) is 8.77. The third-order valence-corrected chi connectivity index (χ3v) is 5.78. The van der Waals surface area contributed by atoms with Gasteiger partial charge in [-0.25, -0.2) is 0 Å². The van der Waals surface area contributed by atoms with Crippen LogP contribution in [0.1, 0.15) is 61.5 Å². The molecule has 0 saturated heterocycles. The van der Waals surface area contributed by atoms with Crippen molar-refractivity contribution < 1.29 is 4.79 Å². The number of fused-ring (bicyclic) bond motifs is 3. The second-order valence-electron chi connectivity index (χ2n) is 7.20. The van der Waals surface area contributed by atoms with Gasteiger partial charge < -0.3 is 0 Å². The van der Waals surface area contributed by atoms with Crippen LogP contribution in [0.3, 0.4) is 0 Å². The van der Waals surface area contributed by atoms with E-state index in [1.54, 1.807) is 0 Å². The molecule has 2 atom stereocenters. The molecule has 19 heavy (non-hydrogen) atoms. The van der Waals surface area contributed by atoms with Crippen molar-refractivity contribution in [2.45, 2.75) is 52.4 Å². The summed E-state index contributed by atoms with van der Waals surface area (Å²) in [5.74, 6) is 0.422. The van der Waals surface area contributed by atoms with Gasteiger partial charge in [-0.05, 0) is 42.4 Å². The Morgan fingerprint density at radius 2 is 1.89 bits per heavy atom. The lowest BCUT2D eigenvalue weighted by Crippen LogP contribution is -2.44. The van der Waals surface area contributed by atoms with Crippen LogP contribution in [0.15, 0.2) is 12.1 Å². The third kappa shape index (κ3) is 1.64. The molecule has 0 amide bonds. The van der Waals surface area contributed by atoms with Gasteiger partial charge in [-0.2, -0.15) is 0 Å². The predicted molar refractivity (Wildman–Crippen MR) is 79.0 cm³/mol. The van der Waals surface area contributed by atoms with Gasteiger partial charge in [-0.15, -0.1) is 0 Å². The predicted octanol–water partition coefficient (Wildman–Crippen LogP) is 4.93. The number of hydrogen-bond donors (Lipinski definition) is 0. The van der Waals surface area contributed by atoms with Crippen molar-refractivity contribution in [3.8, 4) is 0 Å². The Morgan fingerprint density at radius 3 is 2.58 bits per heavy atom. The van der Waals surface area contributed by atoms with E-state index in [-0.39, 0.29) is 16.7 Å². The second-order valence-corrected chi connectivity index (χ2v) is 7.61. The highest BCUT2D eigenvalue weighted by atomic mass is 35.5. The van der Waals surface area contributed by atoms with Crippen LogP contribution in [0.25, 0.3) is 0 Å². The molecular formula is C17H21ClO. The van der Waals surface area contributed by atoms with E-state index in [2.05, 4.69) is 26.8 Å². The van der Waals surface area contributed by atoms with Crippen LogP contribution >= 0.6 is 11.6 Å². The molecule has 0 heterocycles. The fourth-order valence-electron chi connectivity index (χ4n) is 4.51. The first-order valence-electron chi connectivity index (χ1n) is 7.12. The molecular weight excluding hydrogens is 256 g/mol. The van der Waals surface area contributed by atoms with E-state index in [0.717, 1.165) is 24.0 Å². The molecule has 1 fully saturated rings. The average molecular weight is 277 g/mol. The molecule has 1 aromatic carbocycles. The standard InChI is InChI=1S/C17H21ClO/c1-10-8-12-11(9-13(10)18)14(19)15-16(2,3)6-5-7-17(12,15)4/h8-9,15H,5-7H2,1-4H3/t15-,17-/m0/s1. The van der Waals surface area contributed by atoms with E-state index in [1.807, 2.05) is 13.0 Å². The lowest BCUT2D eigenvalue weighted by Gasteiger charge is -2.46. The van der Waals surface area contributed by atoms with Gasteiger partial charge in [0.2, 0.25) is 0 Å². The quantitative estimate of drug-likeness (QED) is 0.657. The van der Waals surface area contributed by atoms with Crippen molar-refractivity contribution in [2.24, 2.45) is 11.3 Å². The summed E-state index contributed by atoms with van der Waals surface area (Å²) in [4.78, 5) is 12.9. The van der Waals surface area contributed by atoms with Gasteiger partial charge in [-0.1, -0.05) is 44.9 Å². The van der Waals surface area contributed by atoms with Gasteiger partial charge >= 0.3 is 0 Å². The molecule has 1 nitrogen and oxygen atoms in total. The maximum absolute atomic E-state index is 12.9. The summed E-state index contributed by atoms with van der Waals surface area (Å²) < 4.78 is 0. The molecule has 0 radical (unpaired) electrons. The molecule has 0 N–H and O–H groups in total. The Balaban J connectivity index is 2.25. The van der Waals surface area contributed by atoms with Crippen molar-refractivity contribution in [1.82, 2.24) is 0 Å². The van der Waals surface area contributed by atoms with Crippen LogP contribution in [-0.4, -0.2) is 5.78 Å². The second kappa shape index (κ2) is 3.85. The van der Waals surface area contributed by atoms with Crippen molar-refractivity contribution in [3.63, 3.8) is 0 Å². The van der Waals surface area contributed by atoms with Crippen LogP contribution in [0.4, 0.5) is 0 Å². The molecule has 0 spiro atoms. The van der Waals surface area contributed by atoms with Crippen molar-refractivity contribution in [1.29, 1.82) is 0 Å². The summed E-state index contributed by atoms with van der Waals surface area (Å²) in [7, 11) is 0. The lowest BCUT2D eigenvalue weighted by atomic mass is 9.56. The molecule has 2 aliphatic carbocycles. The number of halogens is 1. The number of benzene rings is 1.